The van der Waals surface area contributed by atoms with Crippen molar-refractivity contribution in [3.63, 3.8) is 0 Å². The maximum Gasteiger partial charge on any atom is 0.273 e. The summed E-state index contributed by atoms with van der Waals surface area (Å²) < 4.78 is 16.0. The smallest absolute Gasteiger partial charge is 0.273 e. The molecule has 0 heterocycles. The molecule has 0 unspecified atom stereocenters. The Morgan fingerprint density at radius 2 is 1.86 bits per heavy atom. The summed E-state index contributed by atoms with van der Waals surface area (Å²) in [7, 11) is 3.14. The molecule has 0 N–H and O–H groups in total. The van der Waals surface area contributed by atoms with Gasteiger partial charge in [0.1, 0.15) is 23.9 Å². The Labute approximate surface area is 122 Å². The summed E-state index contributed by atoms with van der Waals surface area (Å²) >= 11 is 0. The second-order valence-electron chi connectivity index (χ2n) is 4.22. The van der Waals surface area contributed by atoms with Crippen molar-refractivity contribution in [3.05, 3.63) is 58.1 Å². The van der Waals surface area contributed by atoms with Gasteiger partial charge in [-0.3, -0.25) is 10.1 Å². The first-order chi connectivity index (χ1) is 10.1. The number of non-ortho nitro benzene ring substituents is 1. The average molecular weight is 289 g/mol. The lowest BCUT2D eigenvalue weighted by atomic mass is 10.2. The van der Waals surface area contributed by atoms with Crippen LogP contribution in [0.1, 0.15) is 5.56 Å². The molecule has 0 amide bonds. The first-order valence-electron chi connectivity index (χ1n) is 6.22. The quantitative estimate of drug-likeness (QED) is 0.603. The molecular formula is C15H15NO5. The highest BCUT2D eigenvalue weighted by atomic mass is 16.6. The van der Waals surface area contributed by atoms with Crippen LogP contribution in [0.15, 0.2) is 42.5 Å². The Morgan fingerprint density at radius 1 is 1.05 bits per heavy atom. The molecule has 2 aromatic carbocycles. The fraction of sp³-hybridized carbons (Fsp3) is 0.200. The highest BCUT2D eigenvalue weighted by molar-refractivity contribution is 5.41. The molecule has 0 saturated carbocycles. The molecule has 0 fully saturated rings. The minimum Gasteiger partial charge on any atom is -0.497 e. The first kappa shape index (κ1) is 14.6. The number of nitro benzene ring substituents is 1. The van der Waals surface area contributed by atoms with E-state index < -0.39 is 4.92 Å². The molecule has 2 aromatic rings. The Balaban J connectivity index is 2.15. The van der Waals surface area contributed by atoms with Crippen molar-refractivity contribution in [1.82, 2.24) is 0 Å². The molecule has 0 spiro atoms. The molecule has 6 heteroatoms. The van der Waals surface area contributed by atoms with Crippen LogP contribution in [0, 0.1) is 10.1 Å². The first-order valence-corrected chi connectivity index (χ1v) is 6.22. The number of hydrogen-bond donors (Lipinski definition) is 0. The van der Waals surface area contributed by atoms with Gasteiger partial charge in [-0.2, -0.15) is 0 Å². The number of methoxy groups -OCH3 is 2. The Hall–Kier alpha value is -2.76. The Bertz CT molecular complexity index is 642. The van der Waals surface area contributed by atoms with Crippen molar-refractivity contribution >= 4 is 5.69 Å². The number of benzene rings is 2. The van der Waals surface area contributed by atoms with Gasteiger partial charge in [0.2, 0.25) is 0 Å². The van der Waals surface area contributed by atoms with E-state index in [4.69, 9.17) is 14.2 Å². The fourth-order valence-electron chi connectivity index (χ4n) is 1.84. The molecule has 0 aliphatic rings. The van der Waals surface area contributed by atoms with E-state index in [1.54, 1.807) is 44.6 Å². The van der Waals surface area contributed by atoms with Crippen LogP contribution >= 0.6 is 0 Å². The van der Waals surface area contributed by atoms with Gasteiger partial charge >= 0.3 is 0 Å². The average Bonchev–Trinajstić information content (AvgIpc) is 2.52. The van der Waals surface area contributed by atoms with Gasteiger partial charge in [0.25, 0.3) is 5.69 Å². The van der Waals surface area contributed by atoms with Gasteiger partial charge in [0.15, 0.2) is 0 Å². The lowest BCUT2D eigenvalue weighted by Gasteiger charge is -2.11. The van der Waals surface area contributed by atoms with Crippen molar-refractivity contribution in [2.24, 2.45) is 0 Å². The third-order valence-corrected chi connectivity index (χ3v) is 2.91. The number of hydrogen-bond acceptors (Lipinski definition) is 5. The van der Waals surface area contributed by atoms with E-state index in [1.165, 1.54) is 12.1 Å². The lowest BCUT2D eigenvalue weighted by molar-refractivity contribution is -0.384. The molecule has 0 atom stereocenters. The van der Waals surface area contributed by atoms with Crippen LogP contribution in [0.25, 0.3) is 0 Å². The molecule has 6 nitrogen and oxygen atoms in total. The zero-order valence-corrected chi connectivity index (χ0v) is 11.7. The zero-order chi connectivity index (χ0) is 15.2. The number of nitro groups is 1. The topological polar surface area (TPSA) is 70.8 Å². The summed E-state index contributed by atoms with van der Waals surface area (Å²) in [5, 5.41) is 10.7. The second-order valence-corrected chi connectivity index (χ2v) is 4.22. The van der Waals surface area contributed by atoms with Crippen molar-refractivity contribution in [2.45, 2.75) is 6.61 Å². The minimum absolute atomic E-state index is 0.00916. The van der Waals surface area contributed by atoms with Gasteiger partial charge in [-0.1, -0.05) is 6.07 Å². The van der Waals surface area contributed by atoms with E-state index in [0.29, 0.717) is 17.2 Å². The molecule has 21 heavy (non-hydrogen) atoms. The van der Waals surface area contributed by atoms with Crippen LogP contribution in [0.5, 0.6) is 17.2 Å². The van der Waals surface area contributed by atoms with Crippen LogP contribution in [0.4, 0.5) is 5.69 Å². The van der Waals surface area contributed by atoms with E-state index in [1.807, 2.05) is 0 Å². The monoisotopic (exact) mass is 289 g/mol. The van der Waals surface area contributed by atoms with E-state index in [9.17, 15) is 10.1 Å². The zero-order valence-electron chi connectivity index (χ0n) is 11.7. The van der Waals surface area contributed by atoms with Gasteiger partial charge in [0.05, 0.1) is 25.2 Å². The van der Waals surface area contributed by atoms with Crippen LogP contribution in [0.2, 0.25) is 0 Å². The maximum absolute atomic E-state index is 10.7. The standard InChI is InChI=1S/C15H15NO5/c1-19-13-6-7-15(20-2)11(8-13)10-21-14-5-3-4-12(9-14)16(17)18/h3-9H,10H2,1-2H3. The van der Waals surface area contributed by atoms with Crippen molar-refractivity contribution in [2.75, 3.05) is 14.2 Å². The molecule has 0 aliphatic carbocycles. The molecule has 110 valence electrons. The summed E-state index contributed by atoms with van der Waals surface area (Å²) in [5.41, 5.74) is 0.786. The van der Waals surface area contributed by atoms with Crippen LogP contribution < -0.4 is 14.2 Å². The van der Waals surface area contributed by atoms with Gasteiger partial charge in [-0.25, -0.2) is 0 Å². The van der Waals surface area contributed by atoms with Gasteiger partial charge in [-0.05, 0) is 24.3 Å². The van der Waals surface area contributed by atoms with Gasteiger partial charge in [0, 0.05) is 11.6 Å². The normalized spacial score (nSPS) is 10.0. The fourth-order valence-corrected chi connectivity index (χ4v) is 1.84. The number of rotatable bonds is 6. The Kier molecular flexibility index (Phi) is 4.61. The molecule has 0 saturated heterocycles. The van der Waals surface area contributed by atoms with Crippen LogP contribution in [0.3, 0.4) is 0 Å². The summed E-state index contributed by atoms with van der Waals surface area (Å²) in [6.45, 7) is 0.224. The third kappa shape index (κ3) is 3.62. The summed E-state index contributed by atoms with van der Waals surface area (Å²) in [6.07, 6.45) is 0. The molecule has 0 aliphatic heterocycles. The molecule has 0 radical (unpaired) electrons. The van der Waals surface area contributed by atoms with Gasteiger partial charge in [-0.15, -0.1) is 0 Å². The minimum atomic E-state index is -0.459. The lowest BCUT2D eigenvalue weighted by Crippen LogP contribution is -2.00. The van der Waals surface area contributed by atoms with E-state index in [2.05, 4.69) is 0 Å². The van der Waals surface area contributed by atoms with Crippen molar-refractivity contribution in [3.8, 4) is 17.2 Å². The predicted octanol–water partition coefficient (Wildman–Crippen LogP) is 3.19. The molecule has 0 bridgehead atoms. The predicted molar refractivity (Wildman–Crippen MR) is 77.0 cm³/mol. The van der Waals surface area contributed by atoms with E-state index in [0.717, 1.165) is 5.56 Å². The number of nitrogens with zero attached hydrogens (tertiary/aromatic N) is 1. The summed E-state index contributed by atoms with van der Waals surface area (Å²) in [6, 6.07) is 11.4. The van der Waals surface area contributed by atoms with Crippen LogP contribution in [-0.2, 0) is 6.61 Å². The highest BCUT2D eigenvalue weighted by Crippen LogP contribution is 2.26. The second kappa shape index (κ2) is 6.60. The highest BCUT2D eigenvalue weighted by Gasteiger charge is 2.09. The van der Waals surface area contributed by atoms with Crippen molar-refractivity contribution in [1.29, 1.82) is 0 Å². The summed E-state index contributed by atoms with van der Waals surface area (Å²) in [4.78, 5) is 10.3. The van der Waals surface area contributed by atoms with E-state index in [-0.39, 0.29) is 12.3 Å². The summed E-state index contributed by atoms with van der Waals surface area (Å²) in [5.74, 6) is 1.78. The molecule has 0 aromatic heterocycles. The Morgan fingerprint density at radius 3 is 2.52 bits per heavy atom. The third-order valence-electron chi connectivity index (χ3n) is 2.91. The van der Waals surface area contributed by atoms with E-state index >= 15 is 0 Å². The molecule has 2 rings (SSSR count). The SMILES string of the molecule is COc1ccc(OC)c(COc2cccc([N+](=O)[O-])c2)c1. The van der Waals surface area contributed by atoms with Crippen molar-refractivity contribution < 1.29 is 19.1 Å². The largest absolute Gasteiger partial charge is 0.497 e. The van der Waals surface area contributed by atoms with Crippen LogP contribution in [-0.4, -0.2) is 19.1 Å². The number of ether oxygens (including phenoxy) is 3. The maximum atomic E-state index is 10.7. The molecular weight excluding hydrogens is 274 g/mol. The van der Waals surface area contributed by atoms with Gasteiger partial charge < -0.3 is 14.2 Å².